The van der Waals surface area contributed by atoms with E-state index >= 15 is 0 Å². The van der Waals surface area contributed by atoms with Crippen LogP contribution in [0.15, 0.2) is 42.5 Å². The number of anilines is 1. The number of benzene rings is 2. The first-order valence-electron chi connectivity index (χ1n) is 5.88. The number of nitrogens with one attached hydrogen (secondary N) is 1. The molecule has 0 amide bonds. The molecule has 0 saturated carbocycles. The fourth-order valence-electron chi connectivity index (χ4n) is 1.91. The maximum Gasteiger partial charge on any atom is 0.146 e. The smallest absolute Gasteiger partial charge is 0.146 e. The van der Waals surface area contributed by atoms with Gasteiger partial charge in [0.25, 0.3) is 0 Å². The maximum atomic E-state index is 13.7. The molecule has 18 heavy (non-hydrogen) atoms. The third-order valence-corrected chi connectivity index (χ3v) is 2.95. The van der Waals surface area contributed by atoms with Crippen molar-refractivity contribution in [3.8, 4) is 5.75 Å². The second-order valence-corrected chi connectivity index (χ2v) is 4.39. The molecule has 1 atom stereocenters. The zero-order valence-electron chi connectivity index (χ0n) is 10.4. The van der Waals surface area contributed by atoms with Gasteiger partial charge in [0.15, 0.2) is 0 Å². The molecule has 0 spiro atoms. The monoisotopic (exact) mass is 245 g/mol. The van der Waals surface area contributed by atoms with Gasteiger partial charge in [-0.1, -0.05) is 24.3 Å². The quantitative estimate of drug-likeness (QED) is 0.856. The number of hydrogen-bond acceptors (Lipinski definition) is 2. The molecule has 0 aliphatic heterocycles. The van der Waals surface area contributed by atoms with E-state index in [2.05, 4.69) is 5.32 Å². The average Bonchev–Trinajstić information content (AvgIpc) is 2.34. The van der Waals surface area contributed by atoms with Crippen molar-refractivity contribution in [1.82, 2.24) is 0 Å². The van der Waals surface area contributed by atoms with Gasteiger partial charge in [0.05, 0.1) is 5.69 Å². The summed E-state index contributed by atoms with van der Waals surface area (Å²) in [5.41, 5.74) is 2.29. The largest absolute Gasteiger partial charge is 0.508 e. The summed E-state index contributed by atoms with van der Waals surface area (Å²) < 4.78 is 13.7. The van der Waals surface area contributed by atoms with Crippen LogP contribution in [-0.4, -0.2) is 5.11 Å². The maximum absolute atomic E-state index is 13.7. The Hall–Kier alpha value is -2.03. The Kier molecular flexibility index (Phi) is 3.51. The van der Waals surface area contributed by atoms with E-state index in [0.717, 1.165) is 11.1 Å². The SMILES string of the molecule is Cc1cccc(F)c1NC(C)c1cccc(O)c1. The molecule has 0 aliphatic rings. The first-order chi connectivity index (χ1) is 8.58. The number of aryl methyl sites for hydroxylation is 1. The Bertz CT molecular complexity index is 534. The van der Waals surface area contributed by atoms with Gasteiger partial charge < -0.3 is 10.4 Å². The first-order valence-corrected chi connectivity index (χ1v) is 5.88. The second kappa shape index (κ2) is 5.08. The van der Waals surface area contributed by atoms with Crippen molar-refractivity contribution < 1.29 is 9.50 Å². The highest BCUT2D eigenvalue weighted by Gasteiger charge is 2.10. The number of aromatic hydroxyl groups is 1. The Morgan fingerprint density at radius 2 is 1.89 bits per heavy atom. The molecule has 2 nitrogen and oxygen atoms in total. The Balaban J connectivity index is 2.24. The van der Waals surface area contributed by atoms with Crippen LogP contribution in [0.4, 0.5) is 10.1 Å². The molecule has 0 saturated heterocycles. The van der Waals surface area contributed by atoms with Crippen molar-refractivity contribution in [2.45, 2.75) is 19.9 Å². The van der Waals surface area contributed by atoms with E-state index in [9.17, 15) is 9.50 Å². The predicted octanol–water partition coefficient (Wildman–Crippen LogP) is 4.01. The van der Waals surface area contributed by atoms with Crippen molar-refractivity contribution in [1.29, 1.82) is 0 Å². The third kappa shape index (κ3) is 2.62. The minimum Gasteiger partial charge on any atom is -0.508 e. The van der Waals surface area contributed by atoms with E-state index in [1.165, 1.54) is 6.07 Å². The summed E-state index contributed by atoms with van der Waals surface area (Å²) >= 11 is 0. The van der Waals surface area contributed by atoms with E-state index < -0.39 is 0 Å². The lowest BCUT2D eigenvalue weighted by Gasteiger charge is -2.18. The molecule has 3 heteroatoms. The van der Waals surface area contributed by atoms with Crippen molar-refractivity contribution in [3.05, 3.63) is 59.4 Å². The van der Waals surface area contributed by atoms with Gasteiger partial charge in [-0.2, -0.15) is 0 Å². The van der Waals surface area contributed by atoms with E-state index in [1.807, 2.05) is 26.0 Å². The Morgan fingerprint density at radius 3 is 2.56 bits per heavy atom. The van der Waals surface area contributed by atoms with Gasteiger partial charge in [0.2, 0.25) is 0 Å². The van der Waals surface area contributed by atoms with Gasteiger partial charge in [0.1, 0.15) is 11.6 Å². The van der Waals surface area contributed by atoms with E-state index in [0.29, 0.717) is 5.69 Å². The summed E-state index contributed by atoms with van der Waals surface area (Å²) in [7, 11) is 0. The van der Waals surface area contributed by atoms with Crippen LogP contribution in [0.25, 0.3) is 0 Å². The summed E-state index contributed by atoms with van der Waals surface area (Å²) in [5, 5.41) is 12.6. The first kappa shape index (κ1) is 12.4. The minimum absolute atomic E-state index is 0.0762. The summed E-state index contributed by atoms with van der Waals surface area (Å²) in [6.07, 6.45) is 0. The van der Waals surface area contributed by atoms with Crippen LogP contribution in [0, 0.1) is 12.7 Å². The summed E-state index contributed by atoms with van der Waals surface area (Å²) in [5.74, 6) is -0.0478. The number of hydrogen-bond donors (Lipinski definition) is 2. The lowest BCUT2D eigenvalue weighted by molar-refractivity contribution is 0.474. The number of halogens is 1. The molecule has 0 bridgehead atoms. The van der Waals surface area contributed by atoms with Gasteiger partial charge in [-0.3, -0.25) is 0 Å². The number of rotatable bonds is 3. The van der Waals surface area contributed by atoms with Crippen LogP contribution in [0.2, 0.25) is 0 Å². The molecule has 2 rings (SSSR count). The van der Waals surface area contributed by atoms with Crippen LogP contribution in [0.1, 0.15) is 24.1 Å². The summed E-state index contributed by atoms with van der Waals surface area (Å²) in [6, 6.07) is 11.9. The molecule has 94 valence electrons. The number of para-hydroxylation sites is 1. The Labute approximate surface area is 106 Å². The highest BCUT2D eigenvalue weighted by molar-refractivity contribution is 5.53. The zero-order valence-corrected chi connectivity index (χ0v) is 10.4. The van der Waals surface area contributed by atoms with E-state index in [1.54, 1.807) is 24.3 Å². The van der Waals surface area contributed by atoms with Crippen molar-refractivity contribution >= 4 is 5.69 Å². The van der Waals surface area contributed by atoms with Crippen LogP contribution >= 0.6 is 0 Å². The molecule has 2 N–H and O–H groups in total. The van der Waals surface area contributed by atoms with Crippen LogP contribution < -0.4 is 5.32 Å². The topological polar surface area (TPSA) is 32.3 Å². The average molecular weight is 245 g/mol. The number of phenolic OH excluding ortho intramolecular Hbond substituents is 1. The van der Waals surface area contributed by atoms with Crippen molar-refractivity contribution in [2.75, 3.05) is 5.32 Å². The van der Waals surface area contributed by atoms with Gasteiger partial charge in [-0.05, 0) is 43.2 Å². The van der Waals surface area contributed by atoms with Gasteiger partial charge >= 0.3 is 0 Å². The van der Waals surface area contributed by atoms with Crippen LogP contribution in [0.5, 0.6) is 5.75 Å². The molecule has 0 heterocycles. The summed E-state index contributed by atoms with van der Waals surface area (Å²) in [6.45, 7) is 3.79. The molecule has 2 aromatic carbocycles. The van der Waals surface area contributed by atoms with Crippen molar-refractivity contribution in [3.63, 3.8) is 0 Å². The zero-order chi connectivity index (χ0) is 13.1. The molecule has 2 aromatic rings. The lowest BCUT2D eigenvalue weighted by Crippen LogP contribution is -2.09. The highest BCUT2D eigenvalue weighted by atomic mass is 19.1. The minimum atomic E-state index is -0.262. The fourth-order valence-corrected chi connectivity index (χ4v) is 1.91. The highest BCUT2D eigenvalue weighted by Crippen LogP contribution is 2.26. The standard InChI is InChI=1S/C15H16FNO/c1-10-5-3-8-14(16)15(10)17-11(2)12-6-4-7-13(18)9-12/h3-9,11,17-18H,1-2H3. The molecule has 1 unspecified atom stereocenters. The van der Waals surface area contributed by atoms with Crippen molar-refractivity contribution in [2.24, 2.45) is 0 Å². The van der Waals surface area contributed by atoms with E-state index in [4.69, 9.17) is 0 Å². The van der Waals surface area contributed by atoms with Gasteiger partial charge in [-0.15, -0.1) is 0 Å². The molecule has 0 radical (unpaired) electrons. The molecular weight excluding hydrogens is 229 g/mol. The van der Waals surface area contributed by atoms with Gasteiger partial charge in [0, 0.05) is 6.04 Å². The third-order valence-electron chi connectivity index (χ3n) is 2.95. The number of phenols is 1. The molecule has 0 aliphatic carbocycles. The predicted molar refractivity (Wildman–Crippen MR) is 71.3 cm³/mol. The molecule has 0 fully saturated rings. The second-order valence-electron chi connectivity index (χ2n) is 4.39. The normalized spacial score (nSPS) is 12.2. The lowest BCUT2D eigenvalue weighted by atomic mass is 10.1. The molecular formula is C15H16FNO. The van der Waals surface area contributed by atoms with Crippen LogP contribution in [0.3, 0.4) is 0 Å². The van der Waals surface area contributed by atoms with Crippen LogP contribution in [-0.2, 0) is 0 Å². The van der Waals surface area contributed by atoms with Gasteiger partial charge in [-0.25, -0.2) is 4.39 Å². The Morgan fingerprint density at radius 1 is 1.17 bits per heavy atom. The fraction of sp³-hybridized carbons (Fsp3) is 0.200. The molecule has 0 aromatic heterocycles. The summed E-state index contributed by atoms with van der Waals surface area (Å²) in [4.78, 5) is 0. The van der Waals surface area contributed by atoms with E-state index in [-0.39, 0.29) is 17.6 Å².